The lowest BCUT2D eigenvalue weighted by molar-refractivity contribution is -0.138. The fraction of sp³-hybridized carbons (Fsp3) is 0.391. The largest absolute Gasteiger partial charge is 0.480 e. The lowest BCUT2D eigenvalue weighted by atomic mass is 9.98. The summed E-state index contributed by atoms with van der Waals surface area (Å²) in [7, 11) is 3.10. The van der Waals surface area contributed by atoms with Crippen molar-refractivity contribution in [2.24, 2.45) is 5.92 Å². The number of carbonyl (C=O) groups is 2. The first-order chi connectivity index (χ1) is 14.4. The van der Waals surface area contributed by atoms with E-state index in [0.717, 1.165) is 22.3 Å². The number of amides is 1. The van der Waals surface area contributed by atoms with Crippen molar-refractivity contribution in [3.8, 4) is 11.1 Å². The molecule has 7 heteroatoms. The van der Waals surface area contributed by atoms with Gasteiger partial charge in [-0.25, -0.2) is 9.59 Å². The summed E-state index contributed by atoms with van der Waals surface area (Å²) in [4.78, 5) is 23.9. The zero-order chi connectivity index (χ0) is 21.7. The first kappa shape index (κ1) is 22.6. The number of rotatable bonds is 9. The molecule has 3 rings (SSSR count). The number of ether oxygens (including phenoxy) is 1. The quantitative estimate of drug-likeness (QED) is 0.503. The molecule has 0 radical (unpaired) electrons. The molecule has 0 aromatic heterocycles. The molecule has 0 spiro atoms. The highest BCUT2D eigenvalue weighted by atomic mass is 33.1. The Kier molecular flexibility index (Phi) is 7.72. The summed E-state index contributed by atoms with van der Waals surface area (Å²) in [5, 5.41) is 12.3. The molecule has 2 N–H and O–H groups in total. The molecule has 0 fully saturated rings. The number of alkyl carbamates (subject to hydrolysis) is 1. The Labute approximate surface area is 185 Å². The van der Waals surface area contributed by atoms with Crippen LogP contribution < -0.4 is 5.32 Å². The van der Waals surface area contributed by atoms with E-state index in [1.165, 1.54) is 10.8 Å². The van der Waals surface area contributed by atoms with E-state index in [1.807, 2.05) is 36.4 Å². The van der Waals surface area contributed by atoms with Crippen molar-refractivity contribution in [1.29, 1.82) is 0 Å². The summed E-state index contributed by atoms with van der Waals surface area (Å²) in [6.07, 6.45) is -0.702. The third kappa shape index (κ3) is 5.32. The molecule has 0 saturated heterocycles. The molecule has 0 heterocycles. The van der Waals surface area contributed by atoms with Crippen LogP contribution in [0.25, 0.3) is 11.1 Å². The standard InChI is InChI=1S/C23H27NO4S2/c1-14(2)15(3)30-29-13-21(22(25)26)24-23(27)28-12-20-18-10-6-4-8-16(18)17-9-5-7-11-19(17)20/h4-11,14-15,20-21H,12-13H2,1-3H3,(H,24,27)(H,25,26)/t15?,21-/m0/s1. The van der Waals surface area contributed by atoms with Crippen LogP contribution in [0.15, 0.2) is 48.5 Å². The van der Waals surface area contributed by atoms with E-state index in [-0.39, 0.29) is 18.3 Å². The molecule has 5 nitrogen and oxygen atoms in total. The molecule has 0 bridgehead atoms. The summed E-state index contributed by atoms with van der Waals surface area (Å²) >= 11 is 0. The second kappa shape index (κ2) is 10.3. The lowest BCUT2D eigenvalue weighted by Gasteiger charge is -2.18. The Morgan fingerprint density at radius 3 is 2.13 bits per heavy atom. The monoisotopic (exact) mass is 445 g/mol. The Hall–Kier alpha value is -2.12. The van der Waals surface area contributed by atoms with Gasteiger partial charge in [-0.3, -0.25) is 0 Å². The number of nitrogens with one attached hydrogen (secondary N) is 1. The molecule has 1 amide bonds. The normalized spacial score (nSPS) is 14.7. The number of benzene rings is 2. The van der Waals surface area contributed by atoms with Gasteiger partial charge in [-0.15, -0.1) is 0 Å². The predicted octanol–water partition coefficient (Wildman–Crippen LogP) is 5.40. The van der Waals surface area contributed by atoms with Crippen LogP contribution in [-0.2, 0) is 9.53 Å². The Bertz CT molecular complexity index is 857. The number of aliphatic carboxylic acids is 1. The maximum atomic E-state index is 12.3. The van der Waals surface area contributed by atoms with Gasteiger partial charge in [0, 0.05) is 16.9 Å². The van der Waals surface area contributed by atoms with Gasteiger partial charge in [0.05, 0.1) is 0 Å². The van der Waals surface area contributed by atoms with Crippen molar-refractivity contribution in [2.45, 2.75) is 38.0 Å². The van der Waals surface area contributed by atoms with Crippen LogP contribution in [0.5, 0.6) is 0 Å². The lowest BCUT2D eigenvalue weighted by Crippen LogP contribution is -2.43. The molecule has 1 aliphatic carbocycles. The third-order valence-electron chi connectivity index (χ3n) is 5.33. The van der Waals surface area contributed by atoms with Crippen LogP contribution in [-0.4, -0.2) is 40.8 Å². The number of hydrogen-bond donors (Lipinski definition) is 2. The Balaban J connectivity index is 1.58. The van der Waals surface area contributed by atoms with Crippen LogP contribution in [0, 0.1) is 5.92 Å². The van der Waals surface area contributed by atoms with Crippen molar-refractivity contribution in [1.82, 2.24) is 5.32 Å². The molecule has 1 unspecified atom stereocenters. The van der Waals surface area contributed by atoms with E-state index in [0.29, 0.717) is 11.2 Å². The first-order valence-corrected chi connectivity index (χ1v) is 12.4. The number of fused-ring (bicyclic) bond motifs is 3. The van der Waals surface area contributed by atoms with Gasteiger partial charge in [-0.05, 0) is 28.2 Å². The SMILES string of the molecule is CC(C)C(C)SSC[C@H](NC(=O)OCC1c2ccccc2-c2ccccc21)C(=O)O. The van der Waals surface area contributed by atoms with E-state index in [2.05, 4.69) is 38.2 Å². The van der Waals surface area contributed by atoms with Gasteiger partial charge in [-0.2, -0.15) is 0 Å². The van der Waals surface area contributed by atoms with E-state index in [1.54, 1.807) is 10.8 Å². The fourth-order valence-corrected chi connectivity index (χ4v) is 6.11. The molecular weight excluding hydrogens is 418 g/mol. The minimum atomic E-state index is -1.06. The van der Waals surface area contributed by atoms with Crippen LogP contribution in [0.2, 0.25) is 0 Å². The van der Waals surface area contributed by atoms with E-state index in [9.17, 15) is 14.7 Å². The first-order valence-electron chi connectivity index (χ1n) is 10.0. The van der Waals surface area contributed by atoms with Crippen LogP contribution in [0.1, 0.15) is 37.8 Å². The smallest absolute Gasteiger partial charge is 0.407 e. The van der Waals surface area contributed by atoms with E-state index in [4.69, 9.17) is 4.74 Å². The summed E-state index contributed by atoms with van der Waals surface area (Å²) in [5.74, 6) is -0.334. The number of carboxylic acid groups (broad SMARTS) is 1. The zero-order valence-electron chi connectivity index (χ0n) is 17.3. The summed E-state index contributed by atoms with van der Waals surface area (Å²) < 4.78 is 5.46. The van der Waals surface area contributed by atoms with Crippen molar-refractivity contribution < 1.29 is 19.4 Å². The highest BCUT2D eigenvalue weighted by molar-refractivity contribution is 8.76. The molecule has 2 atom stereocenters. The van der Waals surface area contributed by atoms with Crippen LogP contribution in [0.3, 0.4) is 0 Å². The highest BCUT2D eigenvalue weighted by Crippen LogP contribution is 2.44. The highest BCUT2D eigenvalue weighted by Gasteiger charge is 2.29. The molecule has 0 aliphatic heterocycles. The van der Waals surface area contributed by atoms with Gasteiger partial charge >= 0.3 is 12.1 Å². The Morgan fingerprint density at radius 1 is 1.03 bits per heavy atom. The third-order valence-corrected chi connectivity index (χ3v) is 8.51. The molecule has 0 saturated carbocycles. The molecular formula is C23H27NO4S2. The van der Waals surface area contributed by atoms with E-state index >= 15 is 0 Å². The number of carbonyl (C=O) groups excluding carboxylic acids is 1. The van der Waals surface area contributed by atoms with Gasteiger partial charge in [0.15, 0.2) is 0 Å². The predicted molar refractivity (Wildman–Crippen MR) is 124 cm³/mol. The second-order valence-corrected chi connectivity index (χ2v) is 10.5. The van der Waals surface area contributed by atoms with Crippen molar-refractivity contribution >= 4 is 33.7 Å². The number of hydrogen-bond acceptors (Lipinski definition) is 5. The van der Waals surface area contributed by atoms with E-state index < -0.39 is 18.1 Å². The topological polar surface area (TPSA) is 75.6 Å². The summed E-state index contributed by atoms with van der Waals surface area (Å²) in [6, 6.07) is 15.2. The molecule has 30 heavy (non-hydrogen) atoms. The molecule has 2 aromatic rings. The van der Waals surface area contributed by atoms with Crippen LogP contribution in [0.4, 0.5) is 4.79 Å². The minimum Gasteiger partial charge on any atom is -0.480 e. The van der Waals surface area contributed by atoms with Gasteiger partial charge < -0.3 is 15.2 Å². The van der Waals surface area contributed by atoms with Gasteiger partial charge in [0.1, 0.15) is 12.6 Å². The maximum absolute atomic E-state index is 12.3. The molecule has 1 aliphatic rings. The fourth-order valence-electron chi connectivity index (χ4n) is 3.28. The summed E-state index contributed by atoms with van der Waals surface area (Å²) in [6.45, 7) is 6.53. The van der Waals surface area contributed by atoms with Crippen molar-refractivity contribution in [2.75, 3.05) is 12.4 Å². The van der Waals surface area contributed by atoms with Crippen molar-refractivity contribution in [3.63, 3.8) is 0 Å². The minimum absolute atomic E-state index is 0.0525. The Morgan fingerprint density at radius 2 is 1.60 bits per heavy atom. The second-order valence-electron chi connectivity index (χ2n) is 7.69. The van der Waals surface area contributed by atoms with Gasteiger partial charge in [-0.1, -0.05) is 90.9 Å². The average Bonchev–Trinajstić information content (AvgIpc) is 3.05. The van der Waals surface area contributed by atoms with Crippen molar-refractivity contribution in [3.05, 3.63) is 59.7 Å². The summed E-state index contributed by atoms with van der Waals surface area (Å²) in [5.41, 5.74) is 4.54. The molecule has 160 valence electrons. The zero-order valence-corrected chi connectivity index (χ0v) is 19.0. The van der Waals surface area contributed by atoms with Gasteiger partial charge in [0.25, 0.3) is 0 Å². The maximum Gasteiger partial charge on any atom is 0.407 e. The number of carboxylic acids is 1. The average molecular weight is 446 g/mol. The van der Waals surface area contributed by atoms with Crippen LogP contribution >= 0.6 is 21.6 Å². The van der Waals surface area contributed by atoms with Gasteiger partial charge in [0.2, 0.25) is 0 Å². The molecule has 2 aromatic carbocycles.